The zero-order valence-corrected chi connectivity index (χ0v) is 15.2. The summed E-state index contributed by atoms with van der Waals surface area (Å²) in [6, 6.07) is 9.76. The van der Waals surface area contributed by atoms with E-state index in [9.17, 15) is 0 Å². The van der Waals surface area contributed by atoms with E-state index in [0.717, 1.165) is 10.8 Å². The highest BCUT2D eigenvalue weighted by molar-refractivity contribution is 7.80. The van der Waals surface area contributed by atoms with Crippen molar-refractivity contribution < 1.29 is 0 Å². The van der Waals surface area contributed by atoms with Gasteiger partial charge in [-0.25, -0.2) is 0 Å². The van der Waals surface area contributed by atoms with Gasteiger partial charge in [0.1, 0.15) is 0 Å². The molecule has 1 N–H and O–H groups in total. The molecule has 3 heteroatoms. The van der Waals surface area contributed by atoms with E-state index in [-0.39, 0.29) is 0 Å². The summed E-state index contributed by atoms with van der Waals surface area (Å²) in [5.74, 6) is 0. The van der Waals surface area contributed by atoms with Crippen molar-refractivity contribution in [1.82, 2.24) is 4.90 Å². The van der Waals surface area contributed by atoms with Crippen molar-refractivity contribution in [2.45, 2.75) is 83.2 Å². The lowest BCUT2D eigenvalue weighted by molar-refractivity contribution is 0.160. The van der Waals surface area contributed by atoms with Gasteiger partial charge < -0.3 is 10.2 Å². The molecular weight excluding hydrogens is 300 g/mol. The normalized spacial score (nSPS) is 20.2. The van der Waals surface area contributed by atoms with Crippen LogP contribution in [-0.2, 0) is 0 Å². The summed E-state index contributed by atoms with van der Waals surface area (Å²) in [6.45, 7) is 2.15. The van der Waals surface area contributed by atoms with Gasteiger partial charge in [0.05, 0.1) is 0 Å². The zero-order chi connectivity index (χ0) is 16.1. The van der Waals surface area contributed by atoms with Crippen molar-refractivity contribution in [3.05, 3.63) is 29.8 Å². The first-order chi connectivity index (χ1) is 11.3. The molecule has 0 bridgehead atoms. The number of para-hydroxylation sites is 1. The van der Waals surface area contributed by atoms with Crippen molar-refractivity contribution in [1.29, 1.82) is 0 Å². The van der Waals surface area contributed by atoms with Gasteiger partial charge in [-0.05, 0) is 56.5 Å². The van der Waals surface area contributed by atoms with Crippen LogP contribution in [0.5, 0.6) is 0 Å². The Hall–Kier alpha value is -1.09. The molecule has 2 saturated carbocycles. The summed E-state index contributed by atoms with van der Waals surface area (Å²) in [5, 5.41) is 4.52. The van der Waals surface area contributed by atoms with E-state index in [1.165, 1.54) is 69.8 Å². The molecule has 2 fully saturated rings. The Morgan fingerprint density at radius 3 is 1.96 bits per heavy atom. The molecule has 0 atom stereocenters. The fourth-order valence-corrected chi connectivity index (χ4v) is 4.65. The van der Waals surface area contributed by atoms with Gasteiger partial charge in [0.25, 0.3) is 0 Å². The molecule has 0 saturated heterocycles. The molecule has 0 aliphatic heterocycles. The van der Waals surface area contributed by atoms with Crippen molar-refractivity contribution in [3.8, 4) is 0 Å². The van der Waals surface area contributed by atoms with Crippen LogP contribution in [0.2, 0.25) is 0 Å². The first kappa shape index (κ1) is 16.8. The van der Waals surface area contributed by atoms with E-state index in [1.54, 1.807) is 0 Å². The van der Waals surface area contributed by atoms with Crippen LogP contribution in [0.15, 0.2) is 24.3 Å². The van der Waals surface area contributed by atoms with Crippen LogP contribution in [0, 0.1) is 6.92 Å². The lowest BCUT2D eigenvalue weighted by atomic mass is 9.89. The van der Waals surface area contributed by atoms with E-state index in [1.807, 2.05) is 0 Å². The number of thiocarbonyl (C=S) groups is 1. The number of anilines is 1. The third-order valence-electron chi connectivity index (χ3n) is 5.56. The molecule has 2 nitrogen and oxygen atoms in total. The van der Waals surface area contributed by atoms with Crippen molar-refractivity contribution in [3.63, 3.8) is 0 Å². The summed E-state index contributed by atoms with van der Waals surface area (Å²) in [5.41, 5.74) is 2.43. The Labute approximate surface area is 146 Å². The molecule has 0 heterocycles. The second-order valence-corrected chi connectivity index (χ2v) is 7.62. The van der Waals surface area contributed by atoms with E-state index >= 15 is 0 Å². The van der Waals surface area contributed by atoms with E-state index in [0.29, 0.717) is 12.1 Å². The van der Waals surface area contributed by atoms with Crippen molar-refractivity contribution >= 4 is 23.0 Å². The predicted molar refractivity (Wildman–Crippen MR) is 103 cm³/mol. The number of rotatable bonds is 3. The Kier molecular flexibility index (Phi) is 5.93. The molecule has 2 aliphatic carbocycles. The molecule has 126 valence electrons. The molecule has 2 aliphatic rings. The maximum atomic E-state index is 5.89. The maximum absolute atomic E-state index is 5.89. The molecule has 0 aromatic heterocycles. The number of aryl methyl sites for hydroxylation is 1. The quantitative estimate of drug-likeness (QED) is 0.720. The van der Waals surface area contributed by atoms with Gasteiger partial charge in [-0.3, -0.25) is 0 Å². The zero-order valence-electron chi connectivity index (χ0n) is 14.4. The van der Waals surface area contributed by atoms with E-state index in [4.69, 9.17) is 12.2 Å². The number of benzene rings is 1. The monoisotopic (exact) mass is 330 g/mol. The molecule has 3 rings (SSSR count). The van der Waals surface area contributed by atoms with Crippen LogP contribution >= 0.6 is 12.2 Å². The molecule has 23 heavy (non-hydrogen) atoms. The SMILES string of the molecule is Cc1ccccc1NC(=S)N(C1CCCCC1)C1CCCCC1. The lowest BCUT2D eigenvalue weighted by Gasteiger charge is -2.43. The Bertz CT molecular complexity index is 498. The maximum Gasteiger partial charge on any atom is 0.173 e. The third kappa shape index (κ3) is 4.26. The summed E-state index contributed by atoms with van der Waals surface area (Å²) in [4.78, 5) is 2.60. The molecule has 0 unspecified atom stereocenters. The van der Waals surface area contributed by atoms with E-state index in [2.05, 4.69) is 41.4 Å². The van der Waals surface area contributed by atoms with Gasteiger partial charge in [0.2, 0.25) is 0 Å². The smallest absolute Gasteiger partial charge is 0.173 e. The molecular formula is C20H30N2S. The first-order valence-electron chi connectivity index (χ1n) is 9.40. The molecule has 1 aromatic rings. The first-order valence-corrected chi connectivity index (χ1v) is 9.81. The average Bonchev–Trinajstić information content (AvgIpc) is 2.59. The standard InChI is InChI=1S/C20H30N2S/c1-16-10-8-9-15-19(16)21-20(23)22(17-11-4-2-5-12-17)18-13-6-3-7-14-18/h8-10,15,17-18H,2-7,11-14H2,1H3,(H,21,23). The molecule has 1 aromatic carbocycles. The highest BCUT2D eigenvalue weighted by atomic mass is 32.1. The Morgan fingerprint density at radius 1 is 0.913 bits per heavy atom. The topological polar surface area (TPSA) is 15.3 Å². The third-order valence-corrected chi connectivity index (χ3v) is 5.87. The van der Waals surface area contributed by atoms with Gasteiger partial charge >= 0.3 is 0 Å². The minimum absolute atomic E-state index is 0.649. The second-order valence-electron chi connectivity index (χ2n) is 7.24. The molecule has 0 spiro atoms. The van der Waals surface area contributed by atoms with Crippen molar-refractivity contribution in [2.24, 2.45) is 0 Å². The fraction of sp³-hybridized carbons (Fsp3) is 0.650. The number of hydrogen-bond acceptors (Lipinski definition) is 1. The summed E-state index contributed by atoms with van der Waals surface area (Å²) in [6.07, 6.45) is 13.5. The van der Waals surface area contributed by atoms with Gasteiger partial charge in [-0.2, -0.15) is 0 Å². The van der Waals surface area contributed by atoms with Gasteiger partial charge in [0, 0.05) is 17.8 Å². The fourth-order valence-electron chi connectivity index (χ4n) is 4.24. The minimum atomic E-state index is 0.649. The summed E-state index contributed by atoms with van der Waals surface area (Å²) >= 11 is 5.89. The van der Waals surface area contributed by atoms with Crippen LogP contribution < -0.4 is 5.32 Å². The largest absolute Gasteiger partial charge is 0.343 e. The minimum Gasteiger partial charge on any atom is -0.343 e. The molecule has 0 amide bonds. The van der Waals surface area contributed by atoms with Gasteiger partial charge in [0.15, 0.2) is 5.11 Å². The molecule has 0 radical (unpaired) electrons. The second kappa shape index (κ2) is 8.14. The number of nitrogens with one attached hydrogen (secondary N) is 1. The van der Waals surface area contributed by atoms with Crippen LogP contribution in [0.25, 0.3) is 0 Å². The number of nitrogens with zero attached hydrogens (tertiary/aromatic N) is 1. The van der Waals surface area contributed by atoms with Crippen LogP contribution in [-0.4, -0.2) is 22.1 Å². The van der Waals surface area contributed by atoms with Crippen LogP contribution in [0.3, 0.4) is 0 Å². The van der Waals surface area contributed by atoms with E-state index < -0.39 is 0 Å². The highest BCUT2D eigenvalue weighted by Gasteiger charge is 2.30. The average molecular weight is 331 g/mol. The Balaban J connectivity index is 1.75. The van der Waals surface area contributed by atoms with Crippen molar-refractivity contribution in [2.75, 3.05) is 5.32 Å². The lowest BCUT2D eigenvalue weighted by Crippen LogP contribution is -2.50. The van der Waals surface area contributed by atoms with Crippen LogP contribution in [0.1, 0.15) is 69.8 Å². The van der Waals surface area contributed by atoms with Crippen LogP contribution in [0.4, 0.5) is 5.69 Å². The Morgan fingerprint density at radius 2 is 1.43 bits per heavy atom. The van der Waals surface area contributed by atoms with Gasteiger partial charge in [-0.15, -0.1) is 0 Å². The predicted octanol–water partition coefficient (Wildman–Crippen LogP) is 5.66. The van der Waals surface area contributed by atoms with Gasteiger partial charge in [-0.1, -0.05) is 56.7 Å². The highest BCUT2D eigenvalue weighted by Crippen LogP contribution is 2.31. The number of hydrogen-bond donors (Lipinski definition) is 1. The summed E-state index contributed by atoms with van der Waals surface area (Å²) in [7, 11) is 0. The summed E-state index contributed by atoms with van der Waals surface area (Å²) < 4.78 is 0.